The first-order valence-corrected chi connectivity index (χ1v) is 10.6. The number of ether oxygens (including phenoxy) is 1. The normalized spacial score (nSPS) is 10.7. The smallest absolute Gasteiger partial charge is 0.249 e. The van der Waals surface area contributed by atoms with Crippen LogP contribution in [-0.4, -0.2) is 48.4 Å². The zero-order valence-electron chi connectivity index (χ0n) is 19.0. The molecule has 0 aliphatic rings. The molecule has 33 heavy (non-hydrogen) atoms. The average Bonchev–Trinajstić information content (AvgIpc) is 2.81. The van der Waals surface area contributed by atoms with Crippen LogP contribution in [0.25, 0.3) is 11.0 Å². The van der Waals surface area contributed by atoms with Crippen LogP contribution in [0, 0.1) is 6.92 Å². The van der Waals surface area contributed by atoms with Crippen LogP contribution in [0.15, 0.2) is 76.7 Å². The molecule has 0 unspecified atom stereocenters. The van der Waals surface area contributed by atoms with Gasteiger partial charge in [-0.3, -0.25) is 14.4 Å². The van der Waals surface area contributed by atoms with E-state index in [9.17, 15) is 14.4 Å². The fraction of sp³-hybridized carbons (Fsp3) is 0.269. The van der Waals surface area contributed by atoms with E-state index < -0.39 is 0 Å². The second kappa shape index (κ2) is 11.2. The van der Waals surface area contributed by atoms with Crippen molar-refractivity contribution in [1.82, 2.24) is 9.80 Å². The van der Waals surface area contributed by atoms with Gasteiger partial charge in [-0.1, -0.05) is 48.0 Å². The van der Waals surface area contributed by atoms with E-state index in [0.29, 0.717) is 16.5 Å². The summed E-state index contributed by atoms with van der Waals surface area (Å²) in [5.74, 6) is -0.611. The second-order valence-electron chi connectivity index (χ2n) is 7.82. The SMILES string of the molecule is C=CCN(CC(=O)N(Cc1ccccc1)Cc1coc2ccc(C)cc2c1=O)C(=O)COC. The molecule has 0 radical (unpaired) electrons. The topological polar surface area (TPSA) is 80.1 Å². The van der Waals surface area contributed by atoms with Gasteiger partial charge in [0.1, 0.15) is 18.7 Å². The molecule has 0 bridgehead atoms. The van der Waals surface area contributed by atoms with Crippen LogP contribution < -0.4 is 5.43 Å². The molecule has 7 heteroatoms. The van der Waals surface area contributed by atoms with E-state index in [-0.39, 0.29) is 50.0 Å². The fourth-order valence-corrected chi connectivity index (χ4v) is 3.52. The van der Waals surface area contributed by atoms with Crippen molar-refractivity contribution < 1.29 is 18.7 Å². The number of methoxy groups -OCH3 is 1. The summed E-state index contributed by atoms with van der Waals surface area (Å²) in [5.41, 5.74) is 2.55. The number of hydrogen-bond donors (Lipinski definition) is 0. The van der Waals surface area contributed by atoms with E-state index in [1.54, 1.807) is 23.1 Å². The maximum absolute atomic E-state index is 13.3. The van der Waals surface area contributed by atoms with Crippen LogP contribution in [-0.2, 0) is 27.4 Å². The lowest BCUT2D eigenvalue weighted by Crippen LogP contribution is -2.44. The summed E-state index contributed by atoms with van der Waals surface area (Å²) >= 11 is 0. The molecule has 0 saturated heterocycles. The number of nitrogens with zero attached hydrogens (tertiary/aromatic N) is 2. The molecule has 0 saturated carbocycles. The number of fused-ring (bicyclic) bond motifs is 1. The van der Waals surface area contributed by atoms with Crippen molar-refractivity contribution in [3.63, 3.8) is 0 Å². The highest BCUT2D eigenvalue weighted by Gasteiger charge is 2.22. The molecule has 172 valence electrons. The predicted molar refractivity (Wildman–Crippen MR) is 127 cm³/mol. The van der Waals surface area contributed by atoms with E-state index in [1.165, 1.54) is 18.3 Å². The Labute approximate surface area is 192 Å². The highest BCUT2D eigenvalue weighted by atomic mass is 16.5. The lowest BCUT2D eigenvalue weighted by Gasteiger charge is -2.27. The number of carbonyl (C=O) groups is 2. The van der Waals surface area contributed by atoms with Gasteiger partial charge in [-0.05, 0) is 24.6 Å². The molecule has 2 aromatic carbocycles. The lowest BCUT2D eigenvalue weighted by molar-refractivity contribution is -0.142. The zero-order valence-corrected chi connectivity index (χ0v) is 19.0. The maximum atomic E-state index is 13.3. The van der Waals surface area contributed by atoms with E-state index in [0.717, 1.165) is 11.1 Å². The molecule has 2 amide bonds. The Hall–Kier alpha value is -3.71. The quantitative estimate of drug-likeness (QED) is 0.445. The first kappa shape index (κ1) is 23.9. The highest BCUT2D eigenvalue weighted by molar-refractivity contribution is 5.85. The van der Waals surface area contributed by atoms with Crippen molar-refractivity contribution in [2.24, 2.45) is 0 Å². The predicted octanol–water partition coefficient (Wildman–Crippen LogP) is 3.29. The second-order valence-corrected chi connectivity index (χ2v) is 7.82. The van der Waals surface area contributed by atoms with E-state index in [2.05, 4.69) is 6.58 Å². The van der Waals surface area contributed by atoms with Crippen LogP contribution in [0.4, 0.5) is 0 Å². The Morgan fingerprint density at radius 2 is 1.82 bits per heavy atom. The molecule has 0 N–H and O–H groups in total. The van der Waals surface area contributed by atoms with Gasteiger partial charge in [-0.15, -0.1) is 6.58 Å². The van der Waals surface area contributed by atoms with Crippen molar-refractivity contribution in [2.45, 2.75) is 20.0 Å². The third kappa shape index (κ3) is 6.17. The molecular formula is C26H28N2O5. The molecule has 3 rings (SSSR count). The minimum Gasteiger partial charge on any atom is -0.464 e. The number of benzene rings is 2. The molecule has 1 heterocycles. The fourth-order valence-electron chi connectivity index (χ4n) is 3.52. The van der Waals surface area contributed by atoms with Gasteiger partial charge in [0, 0.05) is 20.2 Å². The van der Waals surface area contributed by atoms with Gasteiger partial charge in [0.2, 0.25) is 11.8 Å². The summed E-state index contributed by atoms with van der Waals surface area (Å²) < 4.78 is 10.6. The van der Waals surface area contributed by atoms with Crippen LogP contribution in [0.3, 0.4) is 0 Å². The summed E-state index contributed by atoms with van der Waals surface area (Å²) in [4.78, 5) is 41.7. The van der Waals surface area contributed by atoms with Gasteiger partial charge >= 0.3 is 0 Å². The Morgan fingerprint density at radius 1 is 1.06 bits per heavy atom. The highest BCUT2D eigenvalue weighted by Crippen LogP contribution is 2.16. The van der Waals surface area contributed by atoms with Gasteiger partial charge in [0.25, 0.3) is 0 Å². The van der Waals surface area contributed by atoms with Gasteiger partial charge in [0.05, 0.1) is 23.8 Å². The standard InChI is InChI=1S/C26H28N2O5/c1-4-12-27(25(30)18-32-3)16-24(29)28(14-20-8-6-5-7-9-20)15-21-17-33-23-11-10-19(2)13-22(23)26(21)31/h4-11,13,17H,1,12,14-16,18H2,2-3H3. The van der Waals surface area contributed by atoms with Crippen LogP contribution in [0.5, 0.6) is 0 Å². The Kier molecular flexibility index (Phi) is 8.16. The first-order valence-electron chi connectivity index (χ1n) is 10.6. The Bertz CT molecular complexity index is 1190. The summed E-state index contributed by atoms with van der Waals surface area (Å²) in [6.45, 7) is 5.84. The molecule has 0 aliphatic heterocycles. The van der Waals surface area contributed by atoms with Crippen molar-refractivity contribution in [3.8, 4) is 0 Å². The molecule has 0 atom stereocenters. The van der Waals surface area contributed by atoms with E-state index in [1.807, 2.05) is 43.3 Å². The van der Waals surface area contributed by atoms with Crippen molar-refractivity contribution >= 4 is 22.8 Å². The number of rotatable bonds is 10. The lowest BCUT2D eigenvalue weighted by atomic mass is 10.1. The van der Waals surface area contributed by atoms with Crippen molar-refractivity contribution in [1.29, 1.82) is 0 Å². The van der Waals surface area contributed by atoms with E-state index >= 15 is 0 Å². The molecule has 0 spiro atoms. The zero-order chi connectivity index (χ0) is 23.8. The molecule has 7 nitrogen and oxygen atoms in total. The Morgan fingerprint density at radius 3 is 2.52 bits per heavy atom. The van der Waals surface area contributed by atoms with Crippen LogP contribution in [0.2, 0.25) is 0 Å². The first-order chi connectivity index (χ1) is 15.9. The number of amides is 2. The van der Waals surface area contributed by atoms with Gasteiger partial charge in [-0.2, -0.15) is 0 Å². The van der Waals surface area contributed by atoms with Crippen LogP contribution >= 0.6 is 0 Å². The monoisotopic (exact) mass is 448 g/mol. The van der Waals surface area contributed by atoms with Crippen LogP contribution in [0.1, 0.15) is 16.7 Å². The minimum atomic E-state index is -0.314. The number of aryl methyl sites for hydroxylation is 1. The van der Waals surface area contributed by atoms with Gasteiger partial charge in [-0.25, -0.2) is 0 Å². The largest absolute Gasteiger partial charge is 0.464 e. The minimum absolute atomic E-state index is 0.0559. The molecule has 1 aromatic heterocycles. The maximum Gasteiger partial charge on any atom is 0.249 e. The summed E-state index contributed by atoms with van der Waals surface area (Å²) in [5, 5.41) is 0.475. The van der Waals surface area contributed by atoms with E-state index in [4.69, 9.17) is 9.15 Å². The average molecular weight is 449 g/mol. The third-order valence-electron chi connectivity index (χ3n) is 5.23. The number of hydrogen-bond acceptors (Lipinski definition) is 5. The van der Waals surface area contributed by atoms with Gasteiger partial charge < -0.3 is 19.0 Å². The van der Waals surface area contributed by atoms with Crippen molar-refractivity contribution in [3.05, 3.63) is 94.4 Å². The molecule has 3 aromatic rings. The van der Waals surface area contributed by atoms with Gasteiger partial charge in [0.15, 0.2) is 5.43 Å². The third-order valence-corrected chi connectivity index (χ3v) is 5.23. The molecule has 0 aliphatic carbocycles. The molecular weight excluding hydrogens is 420 g/mol. The summed E-state index contributed by atoms with van der Waals surface area (Å²) in [7, 11) is 1.42. The summed E-state index contributed by atoms with van der Waals surface area (Å²) in [6, 6.07) is 14.9. The summed E-state index contributed by atoms with van der Waals surface area (Å²) in [6.07, 6.45) is 2.96. The molecule has 0 fully saturated rings. The van der Waals surface area contributed by atoms with Crippen molar-refractivity contribution in [2.75, 3.05) is 26.8 Å². The Balaban J connectivity index is 1.91. The number of carbonyl (C=O) groups excluding carboxylic acids is 2.